The van der Waals surface area contributed by atoms with Crippen LogP contribution in [-0.4, -0.2) is 9.55 Å². The summed E-state index contributed by atoms with van der Waals surface area (Å²) in [6, 6.07) is 3.47. The molecule has 0 amide bonds. The number of halogens is 2. The zero-order valence-electron chi connectivity index (χ0n) is 10.8. The van der Waals surface area contributed by atoms with E-state index in [1.165, 1.54) is 12.1 Å². The molecule has 0 saturated carbocycles. The molecule has 1 unspecified atom stereocenters. The van der Waals surface area contributed by atoms with Crippen molar-refractivity contribution in [2.45, 2.75) is 32.4 Å². The van der Waals surface area contributed by atoms with Crippen LogP contribution in [0.3, 0.4) is 0 Å². The molecule has 2 N–H and O–H groups in total. The second kappa shape index (κ2) is 5.93. The molecule has 1 atom stereocenters. The van der Waals surface area contributed by atoms with Gasteiger partial charge in [-0.1, -0.05) is 19.1 Å². The highest BCUT2D eigenvalue weighted by atomic mass is 19.2. The number of hydrogen-bond acceptors (Lipinski definition) is 2. The van der Waals surface area contributed by atoms with Crippen LogP contribution in [0.25, 0.3) is 0 Å². The van der Waals surface area contributed by atoms with Gasteiger partial charge in [-0.3, -0.25) is 0 Å². The Morgan fingerprint density at radius 2 is 2.16 bits per heavy atom. The molecule has 1 aromatic heterocycles. The fourth-order valence-corrected chi connectivity index (χ4v) is 2.08. The SMILES string of the molecule is CCCc1nccn1CC(N)c1cccc(F)c1F. The lowest BCUT2D eigenvalue weighted by Gasteiger charge is -2.15. The minimum atomic E-state index is -0.868. The quantitative estimate of drug-likeness (QED) is 0.903. The van der Waals surface area contributed by atoms with Crippen molar-refractivity contribution in [2.24, 2.45) is 5.73 Å². The normalized spacial score (nSPS) is 12.6. The van der Waals surface area contributed by atoms with Crippen molar-refractivity contribution in [1.82, 2.24) is 9.55 Å². The Hall–Kier alpha value is -1.75. The molecule has 1 aromatic carbocycles. The first-order valence-electron chi connectivity index (χ1n) is 6.33. The van der Waals surface area contributed by atoms with Crippen LogP contribution in [-0.2, 0) is 13.0 Å². The van der Waals surface area contributed by atoms with E-state index in [0.29, 0.717) is 6.54 Å². The Morgan fingerprint density at radius 1 is 1.37 bits per heavy atom. The molecule has 0 radical (unpaired) electrons. The van der Waals surface area contributed by atoms with E-state index in [-0.39, 0.29) is 5.56 Å². The molecular weight excluding hydrogens is 248 g/mol. The minimum Gasteiger partial charge on any atom is -0.333 e. The third-order valence-corrected chi connectivity index (χ3v) is 3.05. The third-order valence-electron chi connectivity index (χ3n) is 3.05. The molecule has 0 aliphatic rings. The van der Waals surface area contributed by atoms with Gasteiger partial charge in [0.2, 0.25) is 0 Å². The van der Waals surface area contributed by atoms with Gasteiger partial charge in [0, 0.05) is 30.9 Å². The zero-order valence-corrected chi connectivity index (χ0v) is 10.8. The second-order valence-corrected chi connectivity index (χ2v) is 4.50. The third kappa shape index (κ3) is 2.98. The Bertz CT molecular complexity index is 551. The number of rotatable bonds is 5. The Labute approximate surface area is 111 Å². The summed E-state index contributed by atoms with van der Waals surface area (Å²) < 4.78 is 28.7. The van der Waals surface area contributed by atoms with Gasteiger partial charge in [0.25, 0.3) is 0 Å². The minimum absolute atomic E-state index is 0.191. The van der Waals surface area contributed by atoms with Crippen molar-refractivity contribution in [1.29, 1.82) is 0 Å². The highest BCUT2D eigenvalue weighted by molar-refractivity contribution is 5.22. The van der Waals surface area contributed by atoms with Gasteiger partial charge in [-0.15, -0.1) is 0 Å². The molecule has 0 aliphatic heterocycles. The summed E-state index contributed by atoms with van der Waals surface area (Å²) in [5.41, 5.74) is 6.16. The molecule has 2 rings (SSSR count). The summed E-state index contributed by atoms with van der Waals surface area (Å²) in [7, 11) is 0. The molecule has 0 aliphatic carbocycles. The number of imidazole rings is 1. The van der Waals surface area contributed by atoms with Gasteiger partial charge in [0.15, 0.2) is 11.6 Å². The summed E-state index contributed by atoms with van der Waals surface area (Å²) in [6.07, 6.45) is 5.31. The Kier molecular flexibility index (Phi) is 4.27. The van der Waals surface area contributed by atoms with Gasteiger partial charge >= 0.3 is 0 Å². The largest absolute Gasteiger partial charge is 0.333 e. The van der Waals surface area contributed by atoms with Crippen LogP contribution in [0.15, 0.2) is 30.6 Å². The first kappa shape index (κ1) is 13.7. The van der Waals surface area contributed by atoms with Crippen molar-refractivity contribution >= 4 is 0 Å². The summed E-state index contributed by atoms with van der Waals surface area (Å²) in [6.45, 7) is 2.45. The average Bonchev–Trinajstić information content (AvgIpc) is 2.80. The van der Waals surface area contributed by atoms with Crippen molar-refractivity contribution in [3.05, 3.63) is 53.6 Å². The van der Waals surface area contributed by atoms with Crippen LogP contribution in [0.4, 0.5) is 8.78 Å². The fourth-order valence-electron chi connectivity index (χ4n) is 2.08. The molecule has 0 spiro atoms. The first-order chi connectivity index (χ1) is 9.13. The molecule has 5 heteroatoms. The molecule has 0 saturated heterocycles. The smallest absolute Gasteiger partial charge is 0.163 e. The van der Waals surface area contributed by atoms with Crippen LogP contribution in [0.5, 0.6) is 0 Å². The molecule has 3 nitrogen and oxygen atoms in total. The molecule has 1 heterocycles. The van der Waals surface area contributed by atoms with E-state index in [0.717, 1.165) is 24.7 Å². The van der Waals surface area contributed by atoms with Crippen LogP contribution in [0.2, 0.25) is 0 Å². The molecule has 19 heavy (non-hydrogen) atoms. The number of benzene rings is 1. The van der Waals surface area contributed by atoms with Gasteiger partial charge in [0.1, 0.15) is 5.82 Å². The molecule has 102 valence electrons. The van der Waals surface area contributed by atoms with Crippen LogP contribution in [0, 0.1) is 11.6 Å². The average molecular weight is 265 g/mol. The standard InChI is InChI=1S/C14H17F2N3/c1-2-4-13-18-7-8-19(13)9-12(17)10-5-3-6-11(15)14(10)16/h3,5-8,12H,2,4,9,17H2,1H3. The van der Waals surface area contributed by atoms with Gasteiger partial charge in [0.05, 0.1) is 6.04 Å². The van der Waals surface area contributed by atoms with Crippen LogP contribution < -0.4 is 5.73 Å². The number of aromatic nitrogens is 2. The monoisotopic (exact) mass is 265 g/mol. The summed E-state index contributed by atoms with van der Waals surface area (Å²) in [4.78, 5) is 4.23. The predicted molar refractivity (Wildman–Crippen MR) is 69.5 cm³/mol. The number of nitrogens with zero attached hydrogens (tertiary/aromatic N) is 2. The number of nitrogens with two attached hydrogens (primary N) is 1. The highest BCUT2D eigenvalue weighted by Gasteiger charge is 2.16. The van der Waals surface area contributed by atoms with Gasteiger partial charge in [-0.2, -0.15) is 0 Å². The number of hydrogen-bond donors (Lipinski definition) is 1. The van der Waals surface area contributed by atoms with Crippen molar-refractivity contribution in [3.8, 4) is 0 Å². The van der Waals surface area contributed by atoms with Crippen LogP contribution in [0.1, 0.15) is 30.8 Å². The lowest BCUT2D eigenvalue weighted by atomic mass is 10.1. The summed E-state index contributed by atoms with van der Waals surface area (Å²) >= 11 is 0. The highest BCUT2D eigenvalue weighted by Crippen LogP contribution is 2.19. The maximum Gasteiger partial charge on any atom is 0.163 e. The van der Waals surface area contributed by atoms with E-state index in [4.69, 9.17) is 5.73 Å². The lowest BCUT2D eigenvalue weighted by molar-refractivity contribution is 0.471. The molecule has 2 aromatic rings. The van der Waals surface area contributed by atoms with Crippen molar-refractivity contribution in [3.63, 3.8) is 0 Å². The van der Waals surface area contributed by atoms with E-state index >= 15 is 0 Å². The fraction of sp³-hybridized carbons (Fsp3) is 0.357. The summed E-state index contributed by atoms with van der Waals surface area (Å²) in [5.74, 6) is -0.825. The van der Waals surface area contributed by atoms with Gasteiger partial charge in [-0.05, 0) is 12.5 Å². The molecule has 0 fully saturated rings. The Morgan fingerprint density at radius 3 is 2.89 bits per heavy atom. The van der Waals surface area contributed by atoms with Crippen molar-refractivity contribution < 1.29 is 8.78 Å². The van der Waals surface area contributed by atoms with E-state index in [1.807, 2.05) is 10.8 Å². The van der Waals surface area contributed by atoms with E-state index in [9.17, 15) is 8.78 Å². The maximum absolute atomic E-state index is 13.6. The van der Waals surface area contributed by atoms with E-state index in [2.05, 4.69) is 11.9 Å². The van der Waals surface area contributed by atoms with Gasteiger partial charge in [-0.25, -0.2) is 13.8 Å². The molecular formula is C14H17F2N3. The van der Waals surface area contributed by atoms with Gasteiger partial charge < -0.3 is 10.3 Å². The van der Waals surface area contributed by atoms with Crippen molar-refractivity contribution in [2.75, 3.05) is 0 Å². The van der Waals surface area contributed by atoms with Crippen LogP contribution >= 0.6 is 0 Å². The molecule has 0 bridgehead atoms. The number of aryl methyl sites for hydroxylation is 1. The van der Waals surface area contributed by atoms with E-state index < -0.39 is 17.7 Å². The Balaban J connectivity index is 2.18. The summed E-state index contributed by atoms with van der Waals surface area (Å²) in [5, 5.41) is 0. The lowest BCUT2D eigenvalue weighted by Crippen LogP contribution is -2.20. The van der Waals surface area contributed by atoms with E-state index in [1.54, 1.807) is 6.20 Å². The maximum atomic E-state index is 13.6. The first-order valence-corrected chi connectivity index (χ1v) is 6.33. The second-order valence-electron chi connectivity index (χ2n) is 4.50. The predicted octanol–water partition coefficient (Wildman–Crippen LogP) is 2.81. The topological polar surface area (TPSA) is 43.8 Å². The zero-order chi connectivity index (χ0) is 13.8.